The molecule has 0 unspecified atom stereocenters. The molecule has 0 radical (unpaired) electrons. The molecule has 0 atom stereocenters. The minimum atomic E-state index is -0.314. The standard InChI is InChI=1S/C21H20FN/c1-16-6-9-19(18-10-7-17(8-11-18)12-13-22)15-20(16)21-5-3-4-14-23(21)2/h3-11,14-15H,2,12-13H2,1H3. The third-order valence-electron chi connectivity index (χ3n) is 4.12. The van der Waals surface area contributed by atoms with Crippen LogP contribution in [0.1, 0.15) is 16.7 Å². The van der Waals surface area contributed by atoms with Crippen LogP contribution in [0.2, 0.25) is 0 Å². The molecule has 0 spiro atoms. The fourth-order valence-corrected chi connectivity index (χ4v) is 2.77. The van der Waals surface area contributed by atoms with E-state index in [1.807, 2.05) is 35.1 Å². The molecule has 116 valence electrons. The van der Waals surface area contributed by atoms with Gasteiger partial charge in [-0.1, -0.05) is 61.0 Å². The summed E-state index contributed by atoms with van der Waals surface area (Å²) in [6.45, 7) is 5.85. The summed E-state index contributed by atoms with van der Waals surface area (Å²) < 4.78 is 14.3. The summed E-state index contributed by atoms with van der Waals surface area (Å²) in [4.78, 5) is 0. The van der Waals surface area contributed by atoms with Crippen LogP contribution in [0.5, 0.6) is 0 Å². The van der Waals surface area contributed by atoms with Gasteiger partial charge in [-0.25, -0.2) is 0 Å². The van der Waals surface area contributed by atoms with Gasteiger partial charge in [0.05, 0.1) is 13.4 Å². The number of rotatable bonds is 4. The van der Waals surface area contributed by atoms with Gasteiger partial charge in [0.2, 0.25) is 0 Å². The van der Waals surface area contributed by atoms with Crippen molar-refractivity contribution in [2.45, 2.75) is 13.3 Å². The van der Waals surface area contributed by atoms with Crippen molar-refractivity contribution in [1.82, 2.24) is 0 Å². The Morgan fingerprint density at radius 3 is 2.48 bits per heavy atom. The van der Waals surface area contributed by atoms with Crippen LogP contribution in [0.3, 0.4) is 0 Å². The topological polar surface area (TPSA) is 3.01 Å². The smallest absolute Gasteiger partial charge is 0.147 e. The van der Waals surface area contributed by atoms with Crippen molar-refractivity contribution in [3.05, 3.63) is 89.6 Å². The summed E-state index contributed by atoms with van der Waals surface area (Å²) in [5.41, 5.74) is 5.71. The lowest BCUT2D eigenvalue weighted by Gasteiger charge is -2.20. The molecule has 0 bridgehead atoms. The number of halogens is 1. The Labute approximate surface area is 137 Å². The number of benzene rings is 2. The largest absolute Gasteiger partial charge is 0.255 e. The molecule has 0 aromatic heterocycles. The molecule has 0 amide bonds. The SMILES string of the molecule is C=[N+]1C=CC=C[C-]1c1cc(-c2ccc(CCF)cc2)ccc1C. The van der Waals surface area contributed by atoms with Gasteiger partial charge in [0.1, 0.15) is 12.2 Å². The maximum Gasteiger partial charge on any atom is 0.147 e. The van der Waals surface area contributed by atoms with Crippen LogP contribution < -0.4 is 0 Å². The third kappa shape index (κ3) is 3.26. The minimum Gasteiger partial charge on any atom is -0.255 e. The average molecular weight is 305 g/mol. The van der Waals surface area contributed by atoms with E-state index in [-0.39, 0.29) is 6.67 Å². The van der Waals surface area contributed by atoms with E-state index in [2.05, 4.69) is 50.0 Å². The Kier molecular flexibility index (Phi) is 4.42. The van der Waals surface area contributed by atoms with Crippen molar-refractivity contribution in [3.63, 3.8) is 0 Å². The van der Waals surface area contributed by atoms with E-state index in [4.69, 9.17) is 0 Å². The maximum atomic E-state index is 12.4. The molecule has 2 aromatic rings. The van der Waals surface area contributed by atoms with Gasteiger partial charge in [-0.05, 0) is 28.3 Å². The highest BCUT2D eigenvalue weighted by Crippen LogP contribution is 2.29. The summed E-state index contributed by atoms with van der Waals surface area (Å²) in [6.07, 6.45) is 8.50. The van der Waals surface area contributed by atoms with Gasteiger partial charge in [-0.3, -0.25) is 8.97 Å². The zero-order chi connectivity index (χ0) is 16.2. The second-order valence-electron chi connectivity index (χ2n) is 5.72. The molecule has 2 aromatic carbocycles. The first-order valence-corrected chi connectivity index (χ1v) is 7.77. The molecule has 3 rings (SSSR count). The highest BCUT2D eigenvalue weighted by Gasteiger charge is 2.16. The van der Waals surface area contributed by atoms with Crippen LogP contribution in [0.4, 0.5) is 4.39 Å². The van der Waals surface area contributed by atoms with E-state index >= 15 is 0 Å². The Bertz CT molecular complexity index is 769. The Morgan fingerprint density at radius 1 is 1.04 bits per heavy atom. The lowest BCUT2D eigenvalue weighted by atomic mass is 9.94. The predicted octanol–water partition coefficient (Wildman–Crippen LogP) is 4.85. The molecule has 23 heavy (non-hydrogen) atoms. The fourth-order valence-electron chi connectivity index (χ4n) is 2.77. The van der Waals surface area contributed by atoms with E-state index in [0.717, 1.165) is 22.7 Å². The molecule has 0 fully saturated rings. The van der Waals surface area contributed by atoms with E-state index in [9.17, 15) is 4.39 Å². The van der Waals surface area contributed by atoms with Crippen LogP contribution in [0.25, 0.3) is 11.1 Å². The number of nitrogens with zero attached hydrogens (tertiary/aromatic N) is 1. The van der Waals surface area contributed by atoms with Gasteiger partial charge in [-0.15, -0.1) is 6.08 Å². The summed E-state index contributed by atoms with van der Waals surface area (Å²) in [5, 5.41) is 0. The quantitative estimate of drug-likeness (QED) is 0.561. The molecule has 1 nitrogen and oxygen atoms in total. The van der Waals surface area contributed by atoms with E-state index in [1.165, 1.54) is 11.1 Å². The molecular weight excluding hydrogens is 285 g/mol. The number of hydrogen-bond donors (Lipinski definition) is 0. The molecule has 2 heteroatoms. The highest BCUT2D eigenvalue weighted by atomic mass is 19.1. The lowest BCUT2D eigenvalue weighted by Crippen LogP contribution is -2.14. The van der Waals surface area contributed by atoms with E-state index in [1.54, 1.807) is 0 Å². The first-order chi connectivity index (χ1) is 11.2. The summed E-state index contributed by atoms with van der Waals surface area (Å²) in [6, 6.07) is 15.6. The molecule has 0 aliphatic carbocycles. The Balaban J connectivity index is 1.95. The molecule has 0 saturated heterocycles. The lowest BCUT2D eigenvalue weighted by molar-refractivity contribution is -0.417. The molecule has 1 aliphatic rings. The number of hydrogen-bond acceptors (Lipinski definition) is 0. The van der Waals surface area contributed by atoms with E-state index < -0.39 is 0 Å². The summed E-state index contributed by atoms with van der Waals surface area (Å²) >= 11 is 0. The van der Waals surface area contributed by atoms with Crippen molar-refractivity contribution >= 4 is 6.72 Å². The summed E-state index contributed by atoms with van der Waals surface area (Å²) in [7, 11) is 0. The van der Waals surface area contributed by atoms with Gasteiger partial charge in [0, 0.05) is 6.42 Å². The molecular formula is C21H20FN. The predicted molar refractivity (Wildman–Crippen MR) is 94.3 cm³/mol. The van der Waals surface area contributed by atoms with Gasteiger partial charge < -0.3 is 0 Å². The molecule has 1 aliphatic heterocycles. The number of allylic oxidation sites excluding steroid dienone is 2. The van der Waals surface area contributed by atoms with E-state index in [0.29, 0.717) is 6.42 Å². The second kappa shape index (κ2) is 6.66. The van der Waals surface area contributed by atoms with Gasteiger partial charge >= 0.3 is 0 Å². The van der Waals surface area contributed by atoms with Crippen LogP contribution in [-0.2, 0) is 6.42 Å². The zero-order valence-corrected chi connectivity index (χ0v) is 13.3. The zero-order valence-electron chi connectivity index (χ0n) is 13.3. The van der Waals surface area contributed by atoms with Crippen molar-refractivity contribution in [3.8, 4) is 11.1 Å². The number of aryl methyl sites for hydroxylation is 2. The average Bonchev–Trinajstić information content (AvgIpc) is 2.57. The summed E-state index contributed by atoms with van der Waals surface area (Å²) in [5.74, 6) is 0. The first kappa shape index (κ1) is 15.3. The minimum absolute atomic E-state index is 0.314. The van der Waals surface area contributed by atoms with Crippen LogP contribution >= 0.6 is 0 Å². The fraction of sp³-hybridized carbons (Fsp3) is 0.143. The highest BCUT2D eigenvalue weighted by molar-refractivity contribution is 5.66. The number of alkyl halides is 1. The van der Waals surface area contributed by atoms with Crippen molar-refractivity contribution in [2.75, 3.05) is 6.67 Å². The van der Waals surface area contributed by atoms with Crippen LogP contribution in [0, 0.1) is 13.0 Å². The van der Waals surface area contributed by atoms with Crippen molar-refractivity contribution in [1.29, 1.82) is 0 Å². The Morgan fingerprint density at radius 2 is 1.78 bits per heavy atom. The van der Waals surface area contributed by atoms with Crippen molar-refractivity contribution < 1.29 is 8.97 Å². The molecule has 0 N–H and O–H groups in total. The molecule has 0 saturated carbocycles. The van der Waals surface area contributed by atoms with Gasteiger partial charge in [0.25, 0.3) is 0 Å². The van der Waals surface area contributed by atoms with Gasteiger partial charge in [-0.2, -0.15) is 0 Å². The van der Waals surface area contributed by atoms with Gasteiger partial charge in [0.15, 0.2) is 0 Å². The third-order valence-corrected chi connectivity index (χ3v) is 4.12. The maximum absolute atomic E-state index is 12.4. The molecule has 1 heterocycles. The Hall–Kier alpha value is -2.61. The van der Waals surface area contributed by atoms with Crippen LogP contribution in [0.15, 0.2) is 66.9 Å². The second-order valence-corrected chi connectivity index (χ2v) is 5.72. The first-order valence-electron chi connectivity index (χ1n) is 7.77. The monoisotopic (exact) mass is 305 g/mol. The normalized spacial score (nSPS) is 13.7. The van der Waals surface area contributed by atoms with Crippen LogP contribution in [-0.4, -0.2) is 18.0 Å². The van der Waals surface area contributed by atoms with Crippen molar-refractivity contribution in [2.24, 2.45) is 0 Å².